The Hall–Kier alpha value is -11.5. The van der Waals surface area contributed by atoms with Crippen LogP contribution >= 0.6 is 0 Å². The van der Waals surface area contributed by atoms with Crippen LogP contribution in [0.2, 0.25) is 0 Å². The van der Waals surface area contributed by atoms with Gasteiger partial charge in [0.15, 0.2) is 5.71 Å². The first-order chi connectivity index (χ1) is 67.7. The van der Waals surface area contributed by atoms with E-state index in [4.69, 9.17) is 5.11 Å². The van der Waals surface area contributed by atoms with Gasteiger partial charge in [-0.25, -0.2) is 27.6 Å². The Labute approximate surface area is 838 Å². The minimum Gasteiger partial charge on any atom is -0.744 e. The molecule has 1 fully saturated rings. The molecule has 0 saturated carbocycles. The molecule has 1 aliphatic carbocycles. The molecule has 3 aliphatic heterocycles. The van der Waals surface area contributed by atoms with Crippen molar-refractivity contribution in [3.63, 3.8) is 0 Å². The van der Waals surface area contributed by atoms with Gasteiger partial charge in [-0.1, -0.05) is 51.0 Å². The summed E-state index contributed by atoms with van der Waals surface area (Å²) in [4.78, 5) is 170. The number of fused-ring (bicyclic) bond motifs is 2. The van der Waals surface area contributed by atoms with Gasteiger partial charge in [0.1, 0.15) is 40.8 Å². The van der Waals surface area contributed by atoms with Crippen molar-refractivity contribution in [2.24, 2.45) is 0 Å². The Bertz CT molecular complexity index is 5680. The van der Waals surface area contributed by atoms with E-state index in [9.17, 15) is 145 Å². The van der Waals surface area contributed by atoms with Crippen molar-refractivity contribution < 1.29 is 155 Å². The summed E-state index contributed by atoms with van der Waals surface area (Å²) in [5, 5.41) is 85.4. The predicted octanol–water partition coefficient (Wildman–Crippen LogP) is 5.38. The highest BCUT2D eigenvalue weighted by Gasteiger charge is 2.46. The number of aliphatic carboxylic acids is 7. The van der Waals surface area contributed by atoms with Gasteiger partial charge in [-0.3, -0.25) is 76.4 Å². The molecule has 3 aromatic rings. The number of nitrogens with zero attached hydrogens (tertiary/aromatic N) is 6. The summed E-state index contributed by atoms with van der Waals surface area (Å²) >= 11 is 0. The summed E-state index contributed by atoms with van der Waals surface area (Å²) in [7, 11) is -18.5. The average Bonchev–Trinajstić information content (AvgIpc) is 1.59. The van der Waals surface area contributed by atoms with Crippen LogP contribution < -0.4 is 42.1 Å². The Morgan fingerprint density at radius 2 is 0.889 bits per heavy atom. The number of amides is 7. The van der Waals surface area contributed by atoms with Crippen LogP contribution in [0.3, 0.4) is 0 Å². The second-order valence-corrected chi connectivity index (χ2v) is 43.1. The molecule has 7 amide bonds. The molecule has 1 saturated heterocycles. The van der Waals surface area contributed by atoms with Crippen molar-refractivity contribution in [2.75, 3.05) is 122 Å². The van der Waals surface area contributed by atoms with Crippen LogP contribution in [0.15, 0.2) is 122 Å². The molecule has 798 valence electrons. The van der Waals surface area contributed by atoms with E-state index in [2.05, 4.69) is 37.2 Å². The molecule has 0 radical (unpaired) electrons. The van der Waals surface area contributed by atoms with E-state index in [1.54, 1.807) is 43.9 Å². The first-order valence-corrected chi connectivity index (χ1v) is 54.0. The summed E-state index contributed by atoms with van der Waals surface area (Å²) in [5.41, 5.74) is 5.13. The van der Waals surface area contributed by atoms with Crippen LogP contribution in [0.1, 0.15) is 211 Å². The second kappa shape index (κ2) is 56.8. The number of hydrogen-bond acceptors (Lipinski definition) is 27. The normalized spacial score (nSPS) is 17.2. The van der Waals surface area contributed by atoms with E-state index in [1.807, 2.05) is 61.5 Å². The van der Waals surface area contributed by atoms with Crippen LogP contribution in [0.5, 0.6) is 0 Å². The van der Waals surface area contributed by atoms with Crippen LogP contribution in [0.4, 0.5) is 16.2 Å². The van der Waals surface area contributed by atoms with Crippen LogP contribution in [-0.4, -0.2) is 336 Å². The first-order valence-electron chi connectivity index (χ1n) is 48.1. The Balaban J connectivity index is 0.994. The smallest absolute Gasteiger partial charge is 0.326 e. The number of allylic oxidation sites excluding steroid dienone is 8. The van der Waals surface area contributed by atoms with Gasteiger partial charge in [-0.15, -0.1) is 0 Å². The number of anilines is 1. The number of nitrogens with one attached hydrogen (secondary N) is 7. The van der Waals surface area contributed by atoms with Gasteiger partial charge in [-0.2, -0.15) is 29.8 Å². The number of benzene rings is 3. The largest absolute Gasteiger partial charge is 0.744 e. The quantitative estimate of drug-likeness (QED) is 0.0192. The SMILES string of the molecule is CC1(C)C(/C=C/C2=C(Cc3ccc(S(=O)(=O)O)cc3)C(=C/C=C3/N(CCCCS(=O)(=O)O)c4ccc(S(=O)(=O)O)cc4C3(C)C)/CCC2)=[N+](CCCCCC(=O)NCCCCC(NC(=O)CN2CCN(CC(=O)O)CCN(CC(=O)O)CCN(CC(=O)O)CC2)C(=O)NC(CCCCNC(=O)CCCCCCC(=O)NCCCC[C@H](NC(=O)N[C@@H](CCC(=O)O)C(=O)O)C(=O)O)C(=O)O)c2ccc(S(=O)(=O)[O-])cc21. The van der Waals surface area contributed by atoms with Crippen LogP contribution in [0, 0.1) is 0 Å². The summed E-state index contributed by atoms with van der Waals surface area (Å²) in [6.45, 7) is 7.58. The molecule has 144 heavy (non-hydrogen) atoms. The van der Waals surface area contributed by atoms with E-state index in [0.29, 0.717) is 117 Å². The monoisotopic (exact) mass is 2100 g/mol. The van der Waals surface area contributed by atoms with Crippen molar-refractivity contribution in [1.82, 2.24) is 56.8 Å². The second-order valence-electron chi connectivity index (χ2n) is 37.3. The van der Waals surface area contributed by atoms with Crippen molar-refractivity contribution >= 4 is 135 Å². The number of carbonyl (C=O) groups excluding carboxylic acids is 6. The molecule has 2 unspecified atom stereocenters. The van der Waals surface area contributed by atoms with Crippen molar-refractivity contribution in [3.05, 3.63) is 124 Å². The molecule has 49 heteroatoms. The molecule has 3 aromatic carbocycles. The molecule has 4 aliphatic rings. The lowest BCUT2D eigenvalue weighted by Crippen LogP contribution is -2.54. The summed E-state index contributed by atoms with van der Waals surface area (Å²) in [6, 6.07) is 7.25. The fourth-order valence-corrected chi connectivity index (χ4v) is 19.8. The highest BCUT2D eigenvalue weighted by Crippen LogP contribution is 2.49. The van der Waals surface area contributed by atoms with Crippen molar-refractivity contribution in [1.29, 1.82) is 0 Å². The number of rotatable bonds is 60. The first kappa shape index (κ1) is 119. The molecular weight excluding hydrogens is 1960 g/mol. The number of urea groups is 1. The lowest BCUT2D eigenvalue weighted by molar-refractivity contribution is -0.438. The molecule has 4 atom stereocenters. The van der Waals surface area contributed by atoms with Gasteiger partial charge in [0.05, 0.1) is 52.0 Å². The highest BCUT2D eigenvalue weighted by atomic mass is 32.2. The van der Waals surface area contributed by atoms with Crippen molar-refractivity contribution in [3.8, 4) is 0 Å². The molecule has 0 spiro atoms. The maximum Gasteiger partial charge on any atom is 0.326 e. The Kier molecular flexibility index (Phi) is 47.1. The lowest BCUT2D eigenvalue weighted by atomic mass is 9.80. The van der Waals surface area contributed by atoms with E-state index in [1.165, 1.54) is 36.4 Å². The zero-order chi connectivity index (χ0) is 106. The van der Waals surface area contributed by atoms with Gasteiger partial charge in [0.25, 0.3) is 30.4 Å². The summed E-state index contributed by atoms with van der Waals surface area (Å²) < 4.78 is 143. The highest BCUT2D eigenvalue weighted by molar-refractivity contribution is 7.86. The van der Waals surface area contributed by atoms with Gasteiger partial charge in [-0.05, 0) is 219 Å². The van der Waals surface area contributed by atoms with Crippen LogP contribution in [0.25, 0.3) is 0 Å². The standard InChI is InChI=1S/C95H137N13O32S4/c1-94(2)71-58-68(143(135,136)137)35-38-77(71)107(79(94)40-31-65-21-20-22-66(70(65)57-64-29-33-67(34-30-64)142(132,133)134)32-41-80-95(3,4)72-59-69(144(138,139)140)36-39-78(72)108(80)47-18-19-56-141(129,130)131)46-17-7-10-28-83(111)96-43-14-11-23-73(99-84(112)60-103-48-50-104(61-86(115)116)52-54-106(63-88(119)120)55-53-105(51-49-103)62-87(117)118)89(121)100-74(90(122)123)24-12-15-44-97-81(109)26-8-5-6-9-27-82(110)98-45-16-13-25-75(91(124)125)101-93(128)102-76(92(126)127)37-42-85(113)114/h29-36,38-41,58-59,73-76H,5-28,37,42-57,60-63H2,1-4H3,(H17-,96,97,98,99,100,101,102,109,110,111,112,113,114,115,116,117,118,119,120,121,122,123,124,125,126,127,128,129,130,131,132,133,134,135,136,137,138,139,140)/t73?,74?,75-,76-/m0/s1. The predicted molar refractivity (Wildman–Crippen MR) is 524 cm³/mol. The maximum atomic E-state index is 14.4. The summed E-state index contributed by atoms with van der Waals surface area (Å²) in [5.74, 6) is -12.0. The molecule has 17 N–H and O–H groups in total. The fraction of sp³-hybridized carbons (Fsp3) is 0.579. The van der Waals surface area contributed by atoms with Crippen LogP contribution in [-0.2, 0) is 115 Å². The Morgan fingerprint density at radius 3 is 1.35 bits per heavy atom. The molecule has 3 heterocycles. The minimum absolute atomic E-state index is 0.0536. The molecular formula is C95H137N13O32S4. The topological polar surface area (TPSA) is 687 Å². The molecule has 7 rings (SSSR count). The van der Waals surface area contributed by atoms with E-state index < -0.39 is 185 Å². The van der Waals surface area contributed by atoms with E-state index in [-0.39, 0.29) is 190 Å². The zero-order valence-electron chi connectivity index (χ0n) is 81.5. The van der Waals surface area contributed by atoms with E-state index >= 15 is 0 Å². The van der Waals surface area contributed by atoms with E-state index in [0.717, 1.165) is 22.4 Å². The molecule has 45 nitrogen and oxygen atoms in total. The summed E-state index contributed by atoms with van der Waals surface area (Å²) in [6.07, 6.45) is 14.5. The van der Waals surface area contributed by atoms with Gasteiger partial charge < -0.3 is 82.4 Å². The fourth-order valence-electron chi connectivity index (χ4n) is 17.8. The molecule has 0 aromatic heterocycles. The number of carboxylic acids is 7. The van der Waals surface area contributed by atoms with Gasteiger partial charge in [0.2, 0.25) is 35.2 Å². The third-order valence-electron chi connectivity index (χ3n) is 25.6. The number of carboxylic acid groups (broad SMARTS) is 7. The van der Waals surface area contributed by atoms with Crippen molar-refractivity contribution in [2.45, 2.75) is 251 Å². The molecule has 0 bridgehead atoms. The number of carbonyl (C=O) groups is 13. The number of hydrogen-bond donors (Lipinski definition) is 17. The number of unbranched alkanes of at least 4 members (excludes halogenated alkanes) is 9. The van der Waals surface area contributed by atoms with Gasteiger partial charge >= 0.3 is 47.8 Å². The average molecular weight is 2100 g/mol. The minimum atomic E-state index is -4.94. The lowest BCUT2D eigenvalue weighted by Gasteiger charge is -2.33. The van der Waals surface area contributed by atoms with Gasteiger partial charge in [0, 0.05) is 145 Å². The third-order valence-corrected chi connectivity index (χ3v) is 28.9. The zero-order valence-corrected chi connectivity index (χ0v) is 84.7. The Morgan fingerprint density at radius 1 is 0.438 bits per heavy atom. The maximum absolute atomic E-state index is 14.4. The third kappa shape index (κ3) is 40.5.